The number of benzene rings is 2. The second kappa shape index (κ2) is 4.82. The van der Waals surface area contributed by atoms with Gasteiger partial charge >= 0.3 is 0 Å². The highest BCUT2D eigenvalue weighted by Crippen LogP contribution is 2.50. The first-order valence-corrected chi connectivity index (χ1v) is 7.17. The van der Waals surface area contributed by atoms with Crippen molar-refractivity contribution in [3.63, 3.8) is 0 Å². The van der Waals surface area contributed by atoms with Gasteiger partial charge in [0.2, 0.25) is 0 Å². The largest absolute Gasteiger partial charge is 0.330 e. The normalized spacial score (nSPS) is 16.3. The molecule has 1 atom stereocenters. The first kappa shape index (κ1) is 13.0. The Labute approximate surface area is 123 Å². The molecule has 0 saturated carbocycles. The lowest BCUT2D eigenvalue weighted by molar-refractivity contribution is 0.740. The van der Waals surface area contributed by atoms with Crippen LogP contribution in [0.1, 0.15) is 29.0 Å². The molecule has 0 spiro atoms. The van der Waals surface area contributed by atoms with E-state index in [1.54, 1.807) is 0 Å². The molecule has 1 unspecified atom stereocenters. The van der Waals surface area contributed by atoms with E-state index in [0.717, 1.165) is 17.0 Å². The van der Waals surface area contributed by atoms with Gasteiger partial charge in [0.05, 0.1) is 0 Å². The highest BCUT2D eigenvalue weighted by Gasteiger charge is 2.30. The van der Waals surface area contributed by atoms with E-state index in [0.29, 0.717) is 17.5 Å². The molecule has 0 heterocycles. The van der Waals surface area contributed by atoms with Crippen molar-refractivity contribution < 1.29 is 0 Å². The average molecular weight is 292 g/mol. The minimum Gasteiger partial charge on any atom is -0.330 e. The Balaban J connectivity index is 2.28. The molecule has 2 aromatic rings. The maximum absolute atomic E-state index is 6.41. The molecule has 2 aromatic carbocycles. The van der Waals surface area contributed by atoms with E-state index in [2.05, 4.69) is 25.1 Å². The van der Waals surface area contributed by atoms with Crippen LogP contribution in [0.25, 0.3) is 11.1 Å². The van der Waals surface area contributed by atoms with Crippen LogP contribution in [-0.4, -0.2) is 6.54 Å². The summed E-state index contributed by atoms with van der Waals surface area (Å²) in [6.07, 6.45) is 0.908. The van der Waals surface area contributed by atoms with Crippen LogP contribution in [0.3, 0.4) is 0 Å². The van der Waals surface area contributed by atoms with Gasteiger partial charge in [0, 0.05) is 16.0 Å². The van der Waals surface area contributed by atoms with E-state index in [1.807, 2.05) is 12.1 Å². The Morgan fingerprint density at radius 3 is 2.63 bits per heavy atom. The van der Waals surface area contributed by atoms with Crippen molar-refractivity contribution in [2.45, 2.75) is 19.3 Å². The fraction of sp³-hybridized carbons (Fsp3) is 0.250. The maximum atomic E-state index is 6.41. The topological polar surface area (TPSA) is 26.0 Å². The van der Waals surface area contributed by atoms with E-state index in [4.69, 9.17) is 28.9 Å². The lowest BCUT2D eigenvalue weighted by atomic mass is 9.93. The number of hydrogen-bond donors (Lipinski definition) is 1. The molecule has 0 fully saturated rings. The molecule has 0 radical (unpaired) electrons. The summed E-state index contributed by atoms with van der Waals surface area (Å²) in [5, 5.41) is 1.43. The third-order valence-electron chi connectivity index (χ3n) is 3.77. The standard InChI is InChI=1S/C16H15Cl2N/c1-9-2-3-11-13(6-9)12(4-5-19)16-14(11)7-10(17)8-15(16)18/h2-3,6-8,12H,4-5,19H2,1H3. The summed E-state index contributed by atoms with van der Waals surface area (Å²) in [4.78, 5) is 0. The van der Waals surface area contributed by atoms with Gasteiger partial charge in [-0.2, -0.15) is 0 Å². The first-order valence-electron chi connectivity index (χ1n) is 6.41. The fourth-order valence-corrected chi connectivity index (χ4v) is 3.62. The van der Waals surface area contributed by atoms with Crippen LogP contribution < -0.4 is 5.73 Å². The van der Waals surface area contributed by atoms with Crippen molar-refractivity contribution in [2.24, 2.45) is 5.73 Å². The number of halogens is 2. The Bertz CT molecular complexity index is 649. The van der Waals surface area contributed by atoms with Crippen molar-refractivity contribution in [3.8, 4) is 11.1 Å². The molecule has 0 saturated heterocycles. The third-order valence-corrected chi connectivity index (χ3v) is 4.30. The second-order valence-corrected chi connectivity index (χ2v) is 5.91. The van der Waals surface area contributed by atoms with E-state index in [1.165, 1.54) is 22.3 Å². The van der Waals surface area contributed by atoms with Crippen molar-refractivity contribution in [1.29, 1.82) is 0 Å². The van der Waals surface area contributed by atoms with Crippen molar-refractivity contribution in [1.82, 2.24) is 0 Å². The molecular formula is C16H15Cl2N. The highest BCUT2D eigenvalue weighted by molar-refractivity contribution is 6.36. The second-order valence-electron chi connectivity index (χ2n) is 5.07. The SMILES string of the molecule is Cc1ccc2c(c1)C(CCN)c1c(Cl)cc(Cl)cc1-2. The van der Waals surface area contributed by atoms with Crippen LogP contribution >= 0.6 is 23.2 Å². The molecule has 0 aliphatic heterocycles. The predicted molar refractivity (Wildman–Crippen MR) is 82.1 cm³/mol. The number of nitrogens with two attached hydrogens (primary N) is 1. The number of aryl methyl sites for hydroxylation is 1. The molecule has 2 N–H and O–H groups in total. The summed E-state index contributed by atoms with van der Waals surface area (Å²) in [7, 11) is 0. The van der Waals surface area contributed by atoms with Gasteiger partial charge in [-0.15, -0.1) is 0 Å². The van der Waals surface area contributed by atoms with Crippen LogP contribution in [0.4, 0.5) is 0 Å². The Kier molecular flexibility index (Phi) is 3.30. The zero-order valence-corrected chi connectivity index (χ0v) is 12.2. The van der Waals surface area contributed by atoms with Gasteiger partial charge in [0.1, 0.15) is 0 Å². The summed E-state index contributed by atoms with van der Waals surface area (Å²) in [5.41, 5.74) is 11.9. The maximum Gasteiger partial charge on any atom is 0.0465 e. The first-order chi connectivity index (χ1) is 9.11. The van der Waals surface area contributed by atoms with Crippen LogP contribution in [0, 0.1) is 6.92 Å². The van der Waals surface area contributed by atoms with Gasteiger partial charge in [-0.1, -0.05) is 47.0 Å². The van der Waals surface area contributed by atoms with Gasteiger partial charge in [-0.3, -0.25) is 0 Å². The van der Waals surface area contributed by atoms with E-state index in [9.17, 15) is 0 Å². The van der Waals surface area contributed by atoms with Crippen LogP contribution in [0.2, 0.25) is 10.0 Å². The molecule has 19 heavy (non-hydrogen) atoms. The third kappa shape index (κ3) is 2.06. The van der Waals surface area contributed by atoms with Gasteiger partial charge in [0.15, 0.2) is 0 Å². The summed E-state index contributed by atoms with van der Waals surface area (Å²) in [6.45, 7) is 2.76. The molecule has 3 rings (SSSR count). The van der Waals surface area contributed by atoms with Gasteiger partial charge < -0.3 is 5.73 Å². The van der Waals surface area contributed by atoms with Crippen molar-refractivity contribution in [3.05, 3.63) is 57.1 Å². The zero-order chi connectivity index (χ0) is 13.6. The fourth-order valence-electron chi connectivity index (χ4n) is 3.00. The van der Waals surface area contributed by atoms with Crippen molar-refractivity contribution in [2.75, 3.05) is 6.54 Å². The summed E-state index contributed by atoms with van der Waals surface area (Å²) >= 11 is 12.6. The van der Waals surface area contributed by atoms with E-state index < -0.39 is 0 Å². The predicted octanol–water partition coefficient (Wildman–Crippen LogP) is 4.76. The minimum atomic E-state index is 0.291. The van der Waals surface area contributed by atoms with Crippen LogP contribution in [0.15, 0.2) is 30.3 Å². The Morgan fingerprint density at radius 2 is 1.89 bits per heavy atom. The zero-order valence-electron chi connectivity index (χ0n) is 10.7. The molecular weight excluding hydrogens is 277 g/mol. The molecule has 1 aliphatic rings. The van der Waals surface area contributed by atoms with Crippen LogP contribution in [0.5, 0.6) is 0 Å². The van der Waals surface area contributed by atoms with Gasteiger partial charge in [-0.05, 0) is 54.3 Å². The van der Waals surface area contributed by atoms with Crippen LogP contribution in [-0.2, 0) is 0 Å². The quantitative estimate of drug-likeness (QED) is 0.848. The average Bonchev–Trinajstić information content (AvgIpc) is 2.64. The molecule has 1 aliphatic carbocycles. The van der Waals surface area contributed by atoms with E-state index in [-0.39, 0.29) is 0 Å². The highest BCUT2D eigenvalue weighted by atomic mass is 35.5. The molecule has 0 amide bonds. The van der Waals surface area contributed by atoms with Gasteiger partial charge in [-0.25, -0.2) is 0 Å². The van der Waals surface area contributed by atoms with Gasteiger partial charge in [0.25, 0.3) is 0 Å². The molecule has 1 nitrogen and oxygen atoms in total. The summed E-state index contributed by atoms with van der Waals surface area (Å²) in [6, 6.07) is 10.4. The lowest BCUT2D eigenvalue weighted by Gasteiger charge is -2.14. The number of fused-ring (bicyclic) bond motifs is 3. The minimum absolute atomic E-state index is 0.291. The summed E-state index contributed by atoms with van der Waals surface area (Å²) in [5.74, 6) is 0.291. The number of hydrogen-bond acceptors (Lipinski definition) is 1. The molecule has 0 bridgehead atoms. The lowest BCUT2D eigenvalue weighted by Crippen LogP contribution is -2.07. The molecule has 0 aromatic heterocycles. The smallest absolute Gasteiger partial charge is 0.0465 e. The van der Waals surface area contributed by atoms with E-state index >= 15 is 0 Å². The Morgan fingerprint density at radius 1 is 1.11 bits per heavy atom. The monoisotopic (exact) mass is 291 g/mol. The molecule has 98 valence electrons. The van der Waals surface area contributed by atoms with Crippen molar-refractivity contribution >= 4 is 23.2 Å². The summed E-state index contributed by atoms with van der Waals surface area (Å²) < 4.78 is 0. The Hall–Kier alpha value is -1.02. The number of rotatable bonds is 2. The molecule has 3 heteroatoms.